The first-order chi connectivity index (χ1) is 6.77. The summed E-state index contributed by atoms with van der Waals surface area (Å²) >= 11 is 0. The molecule has 0 saturated carbocycles. The Balaban J connectivity index is 2.71. The minimum Gasteiger partial charge on any atom is -0.380 e. The molecule has 0 aliphatic rings. The minimum atomic E-state index is 0.316. The Bertz CT molecular complexity index is 276. The second-order valence-corrected chi connectivity index (χ2v) is 3.41. The van der Waals surface area contributed by atoms with E-state index in [2.05, 4.69) is 23.9 Å². The van der Waals surface area contributed by atoms with E-state index < -0.39 is 0 Å². The van der Waals surface area contributed by atoms with Gasteiger partial charge in [-0.25, -0.2) is 5.90 Å². The highest BCUT2D eigenvalue weighted by Gasteiger charge is 2.05. The lowest BCUT2D eigenvalue weighted by Gasteiger charge is -2.11. The number of hydrogen-bond acceptors (Lipinski definition) is 3. The Morgan fingerprint density at radius 1 is 1.43 bits per heavy atom. The van der Waals surface area contributed by atoms with Crippen LogP contribution in [0.2, 0.25) is 0 Å². The maximum absolute atomic E-state index is 5.07. The van der Waals surface area contributed by atoms with Crippen LogP contribution < -0.4 is 5.90 Å². The highest BCUT2D eigenvalue weighted by molar-refractivity contribution is 5.25. The van der Waals surface area contributed by atoms with Crippen LogP contribution in [0.5, 0.6) is 0 Å². The summed E-state index contributed by atoms with van der Waals surface area (Å²) in [5.74, 6) is 5.36. The van der Waals surface area contributed by atoms with Gasteiger partial charge in [0.1, 0.15) is 0 Å². The predicted octanol–water partition coefficient (Wildman–Crippen LogP) is 1.83. The van der Waals surface area contributed by atoms with Gasteiger partial charge >= 0.3 is 0 Å². The summed E-state index contributed by atoms with van der Waals surface area (Å²) in [6.07, 6.45) is 0. The molecule has 0 heterocycles. The smallest absolute Gasteiger partial charge is 0.0745 e. The fourth-order valence-electron chi connectivity index (χ4n) is 1.40. The standard InChI is InChI=1S/C11H17NO2/c1-9(7-14-12)11-5-3-4-10(6-11)8-13-2/h3-6,9H,7-8,12H2,1-2H3. The molecule has 0 aliphatic heterocycles. The summed E-state index contributed by atoms with van der Waals surface area (Å²) in [6.45, 7) is 3.26. The molecular weight excluding hydrogens is 178 g/mol. The van der Waals surface area contributed by atoms with Crippen molar-refractivity contribution in [1.29, 1.82) is 0 Å². The summed E-state index contributed by atoms with van der Waals surface area (Å²) in [4.78, 5) is 4.63. The second kappa shape index (κ2) is 5.75. The van der Waals surface area contributed by atoms with Crippen LogP contribution in [0.1, 0.15) is 24.0 Å². The number of ether oxygens (including phenoxy) is 1. The van der Waals surface area contributed by atoms with Gasteiger partial charge < -0.3 is 9.57 Å². The third kappa shape index (κ3) is 3.10. The van der Waals surface area contributed by atoms with Crippen LogP contribution >= 0.6 is 0 Å². The monoisotopic (exact) mass is 195 g/mol. The first-order valence-electron chi connectivity index (χ1n) is 4.67. The van der Waals surface area contributed by atoms with Crippen LogP contribution in [0.3, 0.4) is 0 Å². The van der Waals surface area contributed by atoms with E-state index in [1.54, 1.807) is 7.11 Å². The summed E-state index contributed by atoms with van der Waals surface area (Å²) in [7, 11) is 1.69. The first-order valence-corrected chi connectivity index (χ1v) is 4.67. The molecule has 0 aromatic heterocycles. The molecule has 0 fully saturated rings. The van der Waals surface area contributed by atoms with E-state index in [4.69, 9.17) is 10.6 Å². The van der Waals surface area contributed by atoms with Gasteiger partial charge in [0.05, 0.1) is 13.2 Å². The maximum Gasteiger partial charge on any atom is 0.0745 e. The molecule has 1 atom stereocenters. The molecule has 1 unspecified atom stereocenters. The zero-order chi connectivity index (χ0) is 10.4. The van der Waals surface area contributed by atoms with Crippen molar-refractivity contribution in [1.82, 2.24) is 0 Å². The van der Waals surface area contributed by atoms with Crippen LogP contribution in [0.25, 0.3) is 0 Å². The normalized spacial score (nSPS) is 12.8. The quantitative estimate of drug-likeness (QED) is 0.729. The van der Waals surface area contributed by atoms with Gasteiger partial charge in [0.25, 0.3) is 0 Å². The van der Waals surface area contributed by atoms with Crippen molar-refractivity contribution >= 4 is 0 Å². The van der Waals surface area contributed by atoms with E-state index in [1.165, 1.54) is 11.1 Å². The first kappa shape index (κ1) is 11.2. The molecule has 2 N–H and O–H groups in total. The summed E-state index contributed by atoms with van der Waals surface area (Å²) < 4.78 is 5.07. The molecule has 1 rings (SSSR count). The van der Waals surface area contributed by atoms with Crippen molar-refractivity contribution in [2.45, 2.75) is 19.4 Å². The summed E-state index contributed by atoms with van der Waals surface area (Å²) in [5.41, 5.74) is 2.40. The van der Waals surface area contributed by atoms with Crippen molar-refractivity contribution in [3.05, 3.63) is 35.4 Å². The van der Waals surface area contributed by atoms with Crippen molar-refractivity contribution in [3.63, 3.8) is 0 Å². The number of methoxy groups -OCH3 is 1. The summed E-state index contributed by atoms with van der Waals surface area (Å²) in [5, 5.41) is 0. The third-order valence-electron chi connectivity index (χ3n) is 2.18. The average Bonchev–Trinajstić information content (AvgIpc) is 2.19. The van der Waals surface area contributed by atoms with Crippen molar-refractivity contribution in [3.8, 4) is 0 Å². The van der Waals surface area contributed by atoms with E-state index in [1.807, 2.05) is 12.1 Å². The van der Waals surface area contributed by atoms with Gasteiger partial charge in [0.15, 0.2) is 0 Å². The van der Waals surface area contributed by atoms with Crippen LogP contribution in [0, 0.1) is 0 Å². The molecule has 0 saturated heterocycles. The largest absolute Gasteiger partial charge is 0.380 e. The van der Waals surface area contributed by atoms with Crippen LogP contribution in [-0.4, -0.2) is 13.7 Å². The number of rotatable bonds is 5. The fourth-order valence-corrected chi connectivity index (χ4v) is 1.40. The zero-order valence-electron chi connectivity index (χ0n) is 8.69. The summed E-state index contributed by atoms with van der Waals surface area (Å²) in [6, 6.07) is 8.26. The zero-order valence-corrected chi connectivity index (χ0v) is 8.69. The molecule has 0 amide bonds. The molecule has 0 radical (unpaired) electrons. The lowest BCUT2D eigenvalue weighted by atomic mass is 10.0. The lowest BCUT2D eigenvalue weighted by Crippen LogP contribution is -2.08. The van der Waals surface area contributed by atoms with Crippen LogP contribution in [0.15, 0.2) is 24.3 Å². The van der Waals surface area contributed by atoms with Gasteiger partial charge in [-0.2, -0.15) is 0 Å². The van der Waals surface area contributed by atoms with Crippen molar-refractivity contribution < 1.29 is 9.57 Å². The molecule has 78 valence electrons. The predicted molar refractivity (Wildman–Crippen MR) is 55.7 cm³/mol. The Morgan fingerprint density at radius 2 is 2.21 bits per heavy atom. The molecule has 1 aromatic carbocycles. The van der Waals surface area contributed by atoms with E-state index in [0.717, 1.165) is 0 Å². The van der Waals surface area contributed by atoms with Crippen LogP contribution in [0.4, 0.5) is 0 Å². The Kier molecular flexibility index (Phi) is 4.59. The van der Waals surface area contributed by atoms with Gasteiger partial charge in [-0.1, -0.05) is 31.2 Å². The van der Waals surface area contributed by atoms with Gasteiger partial charge in [-0.15, -0.1) is 0 Å². The maximum atomic E-state index is 5.07. The highest BCUT2D eigenvalue weighted by atomic mass is 16.6. The number of benzene rings is 1. The molecule has 3 heteroatoms. The molecule has 14 heavy (non-hydrogen) atoms. The van der Waals surface area contributed by atoms with Gasteiger partial charge in [-0.3, -0.25) is 0 Å². The van der Waals surface area contributed by atoms with Gasteiger partial charge in [-0.05, 0) is 11.1 Å². The Hall–Kier alpha value is -0.900. The number of nitrogens with two attached hydrogens (primary N) is 1. The van der Waals surface area contributed by atoms with E-state index in [9.17, 15) is 0 Å². The molecule has 3 nitrogen and oxygen atoms in total. The molecular formula is C11H17NO2. The van der Waals surface area contributed by atoms with Gasteiger partial charge in [0, 0.05) is 13.0 Å². The SMILES string of the molecule is COCc1cccc(C(C)CON)c1. The fraction of sp³-hybridized carbons (Fsp3) is 0.455. The Labute approximate surface area is 84.8 Å². The topological polar surface area (TPSA) is 44.5 Å². The van der Waals surface area contributed by atoms with Crippen molar-refractivity contribution in [2.24, 2.45) is 5.90 Å². The molecule has 0 bridgehead atoms. The van der Waals surface area contributed by atoms with E-state index in [0.29, 0.717) is 19.1 Å². The minimum absolute atomic E-state index is 0.316. The van der Waals surface area contributed by atoms with Crippen molar-refractivity contribution in [2.75, 3.05) is 13.7 Å². The number of hydrogen-bond donors (Lipinski definition) is 1. The highest BCUT2D eigenvalue weighted by Crippen LogP contribution is 2.16. The van der Waals surface area contributed by atoms with E-state index in [-0.39, 0.29) is 0 Å². The molecule has 1 aromatic rings. The van der Waals surface area contributed by atoms with Gasteiger partial charge in [0.2, 0.25) is 0 Å². The average molecular weight is 195 g/mol. The molecule has 0 aliphatic carbocycles. The lowest BCUT2D eigenvalue weighted by molar-refractivity contribution is 0.126. The second-order valence-electron chi connectivity index (χ2n) is 3.41. The molecule has 0 spiro atoms. The van der Waals surface area contributed by atoms with E-state index >= 15 is 0 Å². The van der Waals surface area contributed by atoms with Crippen LogP contribution in [-0.2, 0) is 16.2 Å². The third-order valence-corrected chi connectivity index (χ3v) is 2.18. The Morgan fingerprint density at radius 3 is 2.86 bits per heavy atom.